The van der Waals surface area contributed by atoms with Crippen LogP contribution in [0.4, 0.5) is 11.4 Å². The molecule has 1 unspecified atom stereocenters. The van der Waals surface area contributed by atoms with Crippen molar-refractivity contribution in [1.82, 2.24) is 15.1 Å². The van der Waals surface area contributed by atoms with E-state index in [4.69, 9.17) is 5.73 Å². The van der Waals surface area contributed by atoms with Gasteiger partial charge in [-0.3, -0.25) is 14.4 Å². The molecule has 11 heteroatoms. The Balaban J connectivity index is 1.98. The first-order valence-electron chi connectivity index (χ1n) is 11.7. The summed E-state index contributed by atoms with van der Waals surface area (Å²) in [4.78, 5) is 41.0. The van der Waals surface area contributed by atoms with Crippen molar-refractivity contribution in [2.24, 2.45) is 5.73 Å². The molecule has 0 bridgehead atoms. The number of amides is 3. The van der Waals surface area contributed by atoms with Crippen LogP contribution in [0.2, 0.25) is 0 Å². The lowest BCUT2D eigenvalue weighted by molar-refractivity contribution is -0.131. The molecule has 0 spiro atoms. The molecular formula is C23H38N6O3S2. The van der Waals surface area contributed by atoms with Crippen LogP contribution >= 0.6 is 23.7 Å². The van der Waals surface area contributed by atoms with Crippen molar-refractivity contribution in [2.75, 3.05) is 54.8 Å². The van der Waals surface area contributed by atoms with Crippen molar-refractivity contribution in [2.45, 2.75) is 44.5 Å². The predicted octanol–water partition coefficient (Wildman–Crippen LogP) is 2.17. The van der Waals surface area contributed by atoms with Crippen molar-refractivity contribution in [3.8, 4) is 0 Å². The highest BCUT2D eigenvalue weighted by Gasteiger charge is 2.31. The highest BCUT2D eigenvalue weighted by Crippen LogP contribution is 2.24. The number of carbonyl (C=O) groups is 3. The monoisotopic (exact) mass is 510 g/mol. The van der Waals surface area contributed by atoms with Crippen LogP contribution in [-0.4, -0.2) is 83.7 Å². The van der Waals surface area contributed by atoms with Crippen LogP contribution in [0, 0.1) is 0 Å². The largest absolute Gasteiger partial charge is 0.354 e. The SMILES string of the molecule is CCN(C(C)=O)C(SNc1cccc(NC(=O)CCN2CCCC2)c1)[C@H](N)C(=O)NCCSC. The van der Waals surface area contributed by atoms with Crippen LogP contribution in [0.1, 0.15) is 33.1 Å². The van der Waals surface area contributed by atoms with E-state index >= 15 is 0 Å². The average molecular weight is 511 g/mol. The summed E-state index contributed by atoms with van der Waals surface area (Å²) in [6.07, 6.45) is 4.83. The number of thioether (sulfide) groups is 1. The maximum atomic E-state index is 12.6. The second-order valence-electron chi connectivity index (χ2n) is 8.15. The molecule has 34 heavy (non-hydrogen) atoms. The summed E-state index contributed by atoms with van der Waals surface area (Å²) in [6, 6.07) is 6.45. The van der Waals surface area contributed by atoms with Gasteiger partial charge in [0.2, 0.25) is 17.7 Å². The molecule has 0 radical (unpaired) electrons. The number of nitrogens with one attached hydrogen (secondary N) is 3. The van der Waals surface area contributed by atoms with E-state index in [1.165, 1.54) is 31.7 Å². The van der Waals surface area contributed by atoms with E-state index in [1.807, 2.05) is 37.4 Å². The Labute approximate surface area is 211 Å². The lowest BCUT2D eigenvalue weighted by atomic mass is 10.2. The third kappa shape index (κ3) is 9.36. The van der Waals surface area contributed by atoms with Gasteiger partial charge in [0.25, 0.3) is 0 Å². The molecule has 3 amide bonds. The van der Waals surface area contributed by atoms with Crippen LogP contribution in [0.3, 0.4) is 0 Å². The molecule has 0 aliphatic carbocycles. The summed E-state index contributed by atoms with van der Waals surface area (Å²) >= 11 is 2.84. The fourth-order valence-corrected chi connectivity index (χ4v) is 5.10. The fourth-order valence-electron chi connectivity index (χ4n) is 3.71. The van der Waals surface area contributed by atoms with Gasteiger partial charge in [0.1, 0.15) is 11.4 Å². The van der Waals surface area contributed by atoms with Crippen molar-refractivity contribution < 1.29 is 14.4 Å². The van der Waals surface area contributed by atoms with E-state index in [2.05, 4.69) is 20.3 Å². The molecule has 5 N–H and O–H groups in total. The number of likely N-dealkylation sites (N-methyl/N-ethyl adjacent to an activating group) is 1. The minimum Gasteiger partial charge on any atom is -0.354 e. The van der Waals surface area contributed by atoms with Crippen LogP contribution in [0.5, 0.6) is 0 Å². The summed E-state index contributed by atoms with van der Waals surface area (Å²) in [6.45, 7) is 7.17. The molecule has 1 aromatic rings. The first-order chi connectivity index (χ1) is 16.3. The molecule has 2 rings (SSSR count). The van der Waals surface area contributed by atoms with Crippen LogP contribution in [0.15, 0.2) is 24.3 Å². The first-order valence-corrected chi connectivity index (χ1v) is 14.0. The molecule has 190 valence electrons. The summed E-state index contributed by atoms with van der Waals surface area (Å²) in [5.74, 6) is 0.308. The van der Waals surface area contributed by atoms with Gasteiger partial charge in [-0.2, -0.15) is 11.8 Å². The molecule has 1 aromatic carbocycles. The molecule has 2 atom stereocenters. The van der Waals surface area contributed by atoms with Gasteiger partial charge in [-0.15, -0.1) is 0 Å². The van der Waals surface area contributed by atoms with Gasteiger partial charge in [-0.05, 0) is 69.3 Å². The summed E-state index contributed by atoms with van der Waals surface area (Å²) < 4.78 is 3.21. The molecule has 0 saturated carbocycles. The van der Waals surface area contributed by atoms with E-state index in [-0.39, 0.29) is 17.7 Å². The zero-order valence-electron chi connectivity index (χ0n) is 20.3. The van der Waals surface area contributed by atoms with E-state index in [9.17, 15) is 14.4 Å². The normalized spacial score (nSPS) is 15.4. The zero-order chi connectivity index (χ0) is 24.9. The molecule has 1 heterocycles. The molecule has 1 fully saturated rings. The zero-order valence-corrected chi connectivity index (χ0v) is 22.0. The number of benzene rings is 1. The summed E-state index contributed by atoms with van der Waals surface area (Å²) in [5.41, 5.74) is 7.69. The highest BCUT2D eigenvalue weighted by atomic mass is 32.2. The molecule has 1 saturated heterocycles. The quantitative estimate of drug-likeness (QED) is 0.171. The van der Waals surface area contributed by atoms with E-state index in [0.29, 0.717) is 25.2 Å². The van der Waals surface area contributed by atoms with E-state index < -0.39 is 11.4 Å². The number of anilines is 2. The van der Waals surface area contributed by atoms with Gasteiger partial charge in [0, 0.05) is 50.1 Å². The van der Waals surface area contributed by atoms with Gasteiger partial charge in [0.15, 0.2) is 0 Å². The Kier molecular flexibility index (Phi) is 12.6. The summed E-state index contributed by atoms with van der Waals surface area (Å²) in [7, 11) is 0. The maximum absolute atomic E-state index is 12.6. The summed E-state index contributed by atoms with van der Waals surface area (Å²) in [5, 5.41) is 5.17. The minimum atomic E-state index is -0.906. The average Bonchev–Trinajstić information content (AvgIpc) is 3.34. The van der Waals surface area contributed by atoms with Crippen LogP contribution < -0.4 is 21.1 Å². The minimum absolute atomic E-state index is 0.0211. The first kappa shape index (κ1) is 28.3. The number of carbonyl (C=O) groups excluding carboxylic acids is 3. The highest BCUT2D eigenvalue weighted by molar-refractivity contribution is 8.01. The number of rotatable bonds is 14. The Bertz CT molecular complexity index is 807. The number of nitrogens with two attached hydrogens (primary N) is 1. The van der Waals surface area contributed by atoms with Crippen molar-refractivity contribution >= 4 is 52.8 Å². The van der Waals surface area contributed by atoms with Gasteiger partial charge in [-0.1, -0.05) is 6.07 Å². The Morgan fingerprint density at radius 3 is 2.56 bits per heavy atom. The topological polar surface area (TPSA) is 120 Å². The molecule has 1 aliphatic heterocycles. The van der Waals surface area contributed by atoms with Crippen molar-refractivity contribution in [1.29, 1.82) is 0 Å². The molecule has 0 aromatic heterocycles. The Morgan fingerprint density at radius 2 is 1.91 bits per heavy atom. The number of hydrogen-bond acceptors (Lipinski definition) is 8. The molecule has 9 nitrogen and oxygen atoms in total. The van der Waals surface area contributed by atoms with Crippen LogP contribution in [-0.2, 0) is 14.4 Å². The molecule has 1 aliphatic rings. The standard InChI is InChI=1S/C23H38N6O3S2/c1-4-29(17(2)30)23(21(24)22(32)25-11-15-33-3)34-27-19-9-7-8-18(16-19)26-20(31)10-14-28-12-5-6-13-28/h7-9,16,21,23,27H,4-6,10-15,24H2,1-3H3,(H,25,32)(H,26,31)/t21-,23?/m1/s1. The lowest BCUT2D eigenvalue weighted by Crippen LogP contribution is -2.55. The van der Waals surface area contributed by atoms with Gasteiger partial charge in [0.05, 0.1) is 0 Å². The Morgan fingerprint density at radius 1 is 1.21 bits per heavy atom. The van der Waals surface area contributed by atoms with Crippen molar-refractivity contribution in [3.05, 3.63) is 24.3 Å². The Hall–Kier alpha value is -1.95. The number of nitrogens with zero attached hydrogens (tertiary/aromatic N) is 2. The second-order valence-corrected chi connectivity index (χ2v) is 10.1. The predicted molar refractivity (Wildman–Crippen MR) is 143 cm³/mol. The maximum Gasteiger partial charge on any atom is 0.240 e. The van der Waals surface area contributed by atoms with E-state index in [1.54, 1.807) is 16.7 Å². The smallest absolute Gasteiger partial charge is 0.240 e. The molecular weight excluding hydrogens is 472 g/mol. The third-order valence-electron chi connectivity index (χ3n) is 5.57. The number of likely N-dealkylation sites (tertiary alicyclic amines) is 1. The third-order valence-corrected chi connectivity index (χ3v) is 7.32. The second kappa shape index (κ2) is 15.1. The van der Waals surface area contributed by atoms with Crippen LogP contribution in [0.25, 0.3) is 0 Å². The number of hydrogen-bond donors (Lipinski definition) is 4. The van der Waals surface area contributed by atoms with Gasteiger partial charge < -0.3 is 30.9 Å². The lowest BCUT2D eigenvalue weighted by Gasteiger charge is -2.33. The fraction of sp³-hybridized carbons (Fsp3) is 0.609. The van der Waals surface area contributed by atoms with Gasteiger partial charge >= 0.3 is 0 Å². The van der Waals surface area contributed by atoms with Gasteiger partial charge in [-0.25, -0.2) is 0 Å². The van der Waals surface area contributed by atoms with Crippen molar-refractivity contribution in [3.63, 3.8) is 0 Å². The van der Waals surface area contributed by atoms with E-state index in [0.717, 1.165) is 31.1 Å².